The Hall–Kier alpha value is -3.37. The van der Waals surface area contributed by atoms with E-state index in [9.17, 15) is 34.3 Å². The van der Waals surface area contributed by atoms with Gasteiger partial charge in [0.2, 0.25) is 0 Å². The van der Waals surface area contributed by atoms with Crippen LogP contribution < -0.4 is 5.32 Å². The number of halogens is 5. The molecule has 7 nitrogen and oxygen atoms in total. The summed E-state index contributed by atoms with van der Waals surface area (Å²) in [5.41, 5.74) is 0.731. The number of benzene rings is 2. The van der Waals surface area contributed by atoms with E-state index < -0.39 is 44.9 Å². The van der Waals surface area contributed by atoms with Crippen LogP contribution in [0.5, 0.6) is 0 Å². The van der Waals surface area contributed by atoms with Crippen LogP contribution >= 0.6 is 10.2 Å². The van der Waals surface area contributed by atoms with Gasteiger partial charge in [-0.05, 0) is 56.0 Å². The van der Waals surface area contributed by atoms with Gasteiger partial charge in [0.15, 0.2) is 6.10 Å². The summed E-state index contributed by atoms with van der Waals surface area (Å²) in [4.78, 5) is 24.7. The van der Waals surface area contributed by atoms with Gasteiger partial charge in [0.1, 0.15) is 16.5 Å². The zero-order valence-corrected chi connectivity index (χ0v) is 22.5. The molecule has 0 aromatic heterocycles. The summed E-state index contributed by atoms with van der Waals surface area (Å²) >= 11 is 0. The number of hydrogen-bond donors (Lipinski definition) is 1. The second-order valence-electron chi connectivity index (χ2n) is 10.2. The predicted molar refractivity (Wildman–Crippen MR) is 137 cm³/mol. The van der Waals surface area contributed by atoms with Crippen molar-refractivity contribution >= 4 is 22.2 Å². The molecule has 1 aliphatic rings. The largest absolute Gasteiger partial charge is 0.444 e. The minimum Gasteiger partial charge on any atom is -0.444 e. The predicted octanol–water partition coefficient (Wildman–Crippen LogP) is 6.59. The van der Waals surface area contributed by atoms with Crippen molar-refractivity contribution in [3.8, 4) is 17.2 Å². The van der Waals surface area contributed by atoms with Crippen LogP contribution in [0.2, 0.25) is 0 Å². The van der Waals surface area contributed by atoms with Crippen molar-refractivity contribution in [2.75, 3.05) is 19.7 Å². The molecule has 1 fully saturated rings. The lowest BCUT2D eigenvalue weighted by Crippen LogP contribution is -2.48. The van der Waals surface area contributed by atoms with E-state index in [0.717, 1.165) is 12.1 Å². The van der Waals surface area contributed by atoms with E-state index in [1.165, 1.54) is 4.90 Å². The van der Waals surface area contributed by atoms with E-state index >= 15 is 0 Å². The molecule has 0 aliphatic carbocycles. The molecule has 2 atom stereocenters. The third kappa shape index (κ3) is 8.83. The van der Waals surface area contributed by atoms with E-state index in [2.05, 4.69) is 5.32 Å². The van der Waals surface area contributed by atoms with Gasteiger partial charge < -0.3 is 19.7 Å². The van der Waals surface area contributed by atoms with Crippen LogP contribution in [0.25, 0.3) is 11.1 Å². The number of amides is 2. The quantitative estimate of drug-likeness (QED) is 0.393. The third-order valence-electron chi connectivity index (χ3n) is 5.72. The Labute approximate surface area is 223 Å². The summed E-state index contributed by atoms with van der Waals surface area (Å²) in [5, 5.41) is 12.2. The molecule has 1 aliphatic heterocycles. The lowest BCUT2D eigenvalue weighted by atomic mass is 10.0. The van der Waals surface area contributed by atoms with Crippen LogP contribution in [0, 0.1) is 11.3 Å². The minimum absolute atomic E-state index is 0.0333. The lowest BCUT2D eigenvalue weighted by Gasteiger charge is -2.40. The number of nitrogens with zero attached hydrogens (tertiary/aromatic N) is 2. The van der Waals surface area contributed by atoms with Crippen LogP contribution in [0.1, 0.15) is 32.8 Å². The molecule has 1 saturated heterocycles. The molecule has 13 heteroatoms. The molecule has 1 heterocycles. The molecule has 0 bridgehead atoms. The second-order valence-corrected chi connectivity index (χ2v) is 12.6. The molecule has 2 aromatic rings. The first-order chi connectivity index (χ1) is 17.8. The highest BCUT2D eigenvalue weighted by Crippen LogP contribution is 3.02. The Morgan fingerprint density at radius 1 is 1.08 bits per heavy atom. The molecule has 1 N–H and O–H groups in total. The van der Waals surface area contributed by atoms with Crippen molar-refractivity contribution < 1.29 is 38.5 Å². The van der Waals surface area contributed by atoms with E-state index in [1.807, 2.05) is 6.07 Å². The summed E-state index contributed by atoms with van der Waals surface area (Å²) < 4.78 is 75.7. The maximum absolute atomic E-state index is 12.9. The van der Waals surface area contributed by atoms with Crippen molar-refractivity contribution in [3.63, 3.8) is 0 Å². The Balaban J connectivity index is 1.63. The molecule has 2 aromatic carbocycles. The summed E-state index contributed by atoms with van der Waals surface area (Å²) in [6.45, 7) is 5.78. The topological polar surface area (TPSA) is 91.7 Å². The van der Waals surface area contributed by atoms with Gasteiger partial charge in [0.05, 0.1) is 12.6 Å². The molecule has 0 radical (unpaired) electrons. The Kier molecular flexibility index (Phi) is 7.98. The molecular formula is C26H30F5N3O4S. The van der Waals surface area contributed by atoms with Gasteiger partial charge in [0, 0.05) is 19.6 Å². The Morgan fingerprint density at radius 2 is 1.64 bits per heavy atom. The SMILES string of the molecule is CC(C)(C)OC(=O)N1CCCO[C@H](C(=O)N[C@H](C#N)Cc2ccc(-c3ccc(S(F)(F)(F)(F)F)cc3)cc2)C1. The highest BCUT2D eigenvalue weighted by Gasteiger charge is 2.65. The molecule has 214 valence electrons. The van der Waals surface area contributed by atoms with Gasteiger partial charge >= 0.3 is 16.3 Å². The van der Waals surface area contributed by atoms with Crippen LogP contribution in [-0.2, 0) is 20.7 Å². The van der Waals surface area contributed by atoms with Gasteiger partial charge in [-0.2, -0.15) is 5.26 Å². The fourth-order valence-corrected chi connectivity index (χ4v) is 4.49. The maximum atomic E-state index is 12.9. The number of carbonyl (C=O) groups is 2. The smallest absolute Gasteiger partial charge is 0.410 e. The number of nitriles is 1. The third-order valence-corrected chi connectivity index (χ3v) is 6.88. The van der Waals surface area contributed by atoms with Crippen LogP contribution in [0.3, 0.4) is 0 Å². The zero-order chi connectivity index (χ0) is 29.1. The molecule has 2 amide bonds. The maximum Gasteiger partial charge on any atom is 0.410 e. The lowest BCUT2D eigenvalue weighted by molar-refractivity contribution is -0.133. The van der Waals surface area contributed by atoms with Gasteiger partial charge in [-0.25, -0.2) is 4.79 Å². The van der Waals surface area contributed by atoms with Crippen molar-refractivity contribution in [2.45, 2.75) is 56.3 Å². The van der Waals surface area contributed by atoms with Crippen LogP contribution in [0.4, 0.5) is 24.2 Å². The normalized spacial score (nSPS) is 19.1. The first-order valence-electron chi connectivity index (χ1n) is 12.1. The number of rotatable bonds is 6. The molecule has 3 rings (SSSR count). The Morgan fingerprint density at radius 3 is 2.15 bits per heavy atom. The standard InChI is InChI=1S/C26H30F5N3O4S/c1-26(2,3)38-25(36)34-13-4-14-37-23(17-34)24(35)33-21(16-32)15-18-5-7-19(8-6-18)20-9-11-22(12-10-20)39(27,28,29,30)31/h5-12,21,23H,4,13-15,17H2,1-3H3,(H,33,35)/t21-,23-/m0/s1. The molecule has 0 spiro atoms. The molecule has 0 saturated carbocycles. The highest BCUT2D eigenvalue weighted by atomic mass is 32.5. The second kappa shape index (κ2) is 10.3. The summed E-state index contributed by atoms with van der Waals surface area (Å²) in [6, 6.07) is 10.1. The monoisotopic (exact) mass is 575 g/mol. The van der Waals surface area contributed by atoms with Gasteiger partial charge in [-0.1, -0.05) is 55.8 Å². The molecular weight excluding hydrogens is 545 g/mol. The van der Waals surface area contributed by atoms with E-state index in [1.54, 1.807) is 45.0 Å². The zero-order valence-electron chi connectivity index (χ0n) is 21.6. The van der Waals surface area contributed by atoms with Gasteiger partial charge in [-0.15, -0.1) is 0 Å². The summed E-state index contributed by atoms with van der Waals surface area (Å²) in [5.74, 6) is -0.558. The first-order valence-corrected chi connectivity index (χ1v) is 14.0. The van der Waals surface area contributed by atoms with E-state index in [0.29, 0.717) is 41.8 Å². The minimum atomic E-state index is -9.75. The van der Waals surface area contributed by atoms with Crippen molar-refractivity contribution in [1.82, 2.24) is 10.2 Å². The Bertz CT molecular complexity index is 1240. The summed E-state index contributed by atoms with van der Waals surface area (Å²) in [6.07, 6.45) is -0.924. The van der Waals surface area contributed by atoms with Crippen molar-refractivity contribution in [3.05, 3.63) is 54.1 Å². The van der Waals surface area contributed by atoms with Gasteiger partial charge in [0.25, 0.3) is 5.91 Å². The number of ether oxygens (including phenoxy) is 2. The molecule has 0 unspecified atom stereocenters. The fourth-order valence-electron chi connectivity index (χ4n) is 3.84. The van der Waals surface area contributed by atoms with Crippen molar-refractivity contribution in [1.29, 1.82) is 5.26 Å². The van der Waals surface area contributed by atoms with Crippen molar-refractivity contribution in [2.24, 2.45) is 0 Å². The first kappa shape index (κ1) is 30.2. The number of carbonyl (C=O) groups excluding carboxylic acids is 2. The highest BCUT2D eigenvalue weighted by molar-refractivity contribution is 8.45. The number of nitrogens with one attached hydrogen (secondary N) is 1. The van der Waals surface area contributed by atoms with E-state index in [-0.39, 0.29) is 19.6 Å². The fraction of sp³-hybridized carbons (Fsp3) is 0.423. The average Bonchev–Trinajstić information content (AvgIpc) is 3.08. The van der Waals surface area contributed by atoms with Gasteiger partial charge in [-0.3, -0.25) is 4.79 Å². The summed E-state index contributed by atoms with van der Waals surface area (Å²) in [7, 11) is -9.75. The average molecular weight is 576 g/mol. The van der Waals surface area contributed by atoms with E-state index in [4.69, 9.17) is 9.47 Å². The number of hydrogen-bond acceptors (Lipinski definition) is 5. The molecule has 39 heavy (non-hydrogen) atoms. The van der Waals surface area contributed by atoms with Crippen LogP contribution in [-0.4, -0.2) is 54.3 Å². The van der Waals surface area contributed by atoms with Crippen LogP contribution in [0.15, 0.2) is 53.4 Å².